The predicted molar refractivity (Wildman–Crippen MR) is 104 cm³/mol. The van der Waals surface area contributed by atoms with Crippen LogP contribution in [-0.4, -0.2) is 9.79 Å². The topological polar surface area (TPSA) is 57.5 Å². The lowest BCUT2D eigenvalue weighted by atomic mass is 10.1. The van der Waals surface area contributed by atoms with Gasteiger partial charge in [0.1, 0.15) is 0 Å². The Labute approximate surface area is 164 Å². The average molecular weight is 549 g/mol. The molecule has 0 fully saturated rings. The molecule has 0 heterocycles. The first-order valence-electron chi connectivity index (χ1n) is 6.66. The van der Waals surface area contributed by atoms with E-state index in [4.69, 9.17) is 9.79 Å². The fourth-order valence-corrected chi connectivity index (χ4v) is 4.84. The van der Waals surface area contributed by atoms with Crippen molar-refractivity contribution in [1.29, 1.82) is 0 Å². The lowest BCUT2D eigenvalue weighted by Crippen LogP contribution is -2.14. The summed E-state index contributed by atoms with van der Waals surface area (Å²) in [6.45, 7) is 0. The van der Waals surface area contributed by atoms with Crippen LogP contribution in [0.25, 0.3) is 0 Å². The van der Waals surface area contributed by atoms with E-state index in [1.807, 2.05) is 18.2 Å². The zero-order valence-electron chi connectivity index (χ0n) is 12.1. The number of thioether (sulfide) groups is 1. The third kappa shape index (κ3) is 5.02. The van der Waals surface area contributed by atoms with Crippen LogP contribution in [-0.2, 0) is 21.7 Å². The Hall–Kier alpha value is 0.01000. The summed E-state index contributed by atoms with van der Waals surface area (Å²) in [6, 6.07) is 12.1. The average Bonchev–Trinajstić information content (AvgIpc) is 2.46. The van der Waals surface area contributed by atoms with Crippen LogP contribution >= 0.6 is 57.9 Å². The molecule has 0 amide bonds. The number of rotatable bonds is 6. The van der Waals surface area contributed by atoms with E-state index in [1.54, 1.807) is 11.8 Å². The first-order chi connectivity index (χ1) is 11.1. The van der Waals surface area contributed by atoms with Gasteiger partial charge in [0.15, 0.2) is 0 Å². The van der Waals surface area contributed by atoms with E-state index in [2.05, 4.69) is 44.6 Å². The molecule has 2 rings (SSSR count). The van der Waals surface area contributed by atoms with Gasteiger partial charge >= 0.3 is 13.3 Å². The highest BCUT2D eigenvalue weighted by Crippen LogP contribution is 2.60. The maximum atomic E-state index is 13.8. The summed E-state index contributed by atoms with van der Waals surface area (Å²) in [7, 11) is -5.57. The van der Waals surface area contributed by atoms with Gasteiger partial charge in [-0.25, -0.2) is 0 Å². The van der Waals surface area contributed by atoms with Crippen molar-refractivity contribution >= 4 is 57.9 Å². The Morgan fingerprint density at radius 2 is 1.75 bits per heavy atom. The first kappa shape index (κ1) is 20.3. The van der Waals surface area contributed by atoms with Gasteiger partial charge in [0.25, 0.3) is 0 Å². The molecule has 3 nitrogen and oxygen atoms in total. The molecule has 24 heavy (non-hydrogen) atoms. The molecule has 0 aliphatic rings. The molecule has 0 aliphatic heterocycles. The lowest BCUT2D eigenvalue weighted by molar-refractivity contribution is 0.0557. The molecule has 2 aromatic rings. The summed E-state index contributed by atoms with van der Waals surface area (Å²) < 4.78 is 39.6. The van der Waals surface area contributed by atoms with E-state index in [9.17, 15) is 13.3 Å². The summed E-state index contributed by atoms with van der Waals surface area (Å²) in [5.74, 6) is 1.39. The third-order valence-corrected chi connectivity index (χ3v) is 6.52. The SMILES string of the molecule is O=P(O)(O)C(F)(F)c1ccc(CSCc2cccc(I)c2)cc1Br. The van der Waals surface area contributed by atoms with Crippen LogP contribution < -0.4 is 0 Å². The standard InChI is InChI=1S/C15H13BrF2IO3PS/c16-14-7-11(4-5-13(14)15(17,18)23(20,21)22)9-24-8-10-2-1-3-12(19)6-10/h1-7H,8-9H2,(H2,20,21,22). The van der Waals surface area contributed by atoms with Crippen molar-refractivity contribution < 1.29 is 23.1 Å². The van der Waals surface area contributed by atoms with Gasteiger partial charge in [-0.2, -0.15) is 20.5 Å². The molecule has 0 unspecified atom stereocenters. The maximum Gasteiger partial charge on any atom is 0.399 e. The molecule has 0 bridgehead atoms. The molecular formula is C15H13BrF2IO3PS. The molecule has 0 saturated carbocycles. The molecule has 0 spiro atoms. The van der Waals surface area contributed by atoms with Crippen LogP contribution in [0.4, 0.5) is 8.78 Å². The van der Waals surface area contributed by atoms with E-state index in [0.717, 1.165) is 21.0 Å². The summed E-state index contributed by atoms with van der Waals surface area (Å²) in [6.07, 6.45) is 0. The Morgan fingerprint density at radius 3 is 2.29 bits per heavy atom. The van der Waals surface area contributed by atoms with Gasteiger partial charge in [-0.05, 0) is 51.9 Å². The Bertz CT molecular complexity index is 785. The Balaban J connectivity index is 2.06. The molecule has 0 aliphatic carbocycles. The van der Waals surface area contributed by atoms with Crippen LogP contribution in [0.1, 0.15) is 16.7 Å². The molecule has 0 saturated heterocycles. The van der Waals surface area contributed by atoms with E-state index in [-0.39, 0.29) is 4.47 Å². The van der Waals surface area contributed by atoms with Crippen LogP contribution in [0.2, 0.25) is 0 Å². The number of alkyl halides is 2. The lowest BCUT2D eigenvalue weighted by Gasteiger charge is -2.19. The number of halogens is 4. The second kappa shape index (κ2) is 8.14. The van der Waals surface area contributed by atoms with Crippen LogP contribution in [0.3, 0.4) is 0 Å². The largest absolute Gasteiger partial charge is 0.399 e. The quantitative estimate of drug-likeness (QED) is 0.358. The van der Waals surface area contributed by atoms with Gasteiger partial charge in [-0.1, -0.05) is 40.2 Å². The number of hydrogen-bond acceptors (Lipinski definition) is 2. The van der Waals surface area contributed by atoms with Gasteiger partial charge in [0, 0.05) is 25.1 Å². The van der Waals surface area contributed by atoms with E-state index in [1.165, 1.54) is 17.7 Å². The minimum atomic E-state index is -5.57. The molecule has 0 atom stereocenters. The normalized spacial score (nSPS) is 12.4. The van der Waals surface area contributed by atoms with E-state index < -0.39 is 18.8 Å². The highest BCUT2D eigenvalue weighted by Gasteiger charge is 2.51. The summed E-state index contributed by atoms with van der Waals surface area (Å²) >= 11 is 6.86. The van der Waals surface area contributed by atoms with Crippen molar-refractivity contribution in [3.63, 3.8) is 0 Å². The maximum absolute atomic E-state index is 13.8. The van der Waals surface area contributed by atoms with E-state index >= 15 is 0 Å². The fraction of sp³-hybridized carbons (Fsp3) is 0.200. The van der Waals surface area contributed by atoms with Crippen molar-refractivity contribution in [2.24, 2.45) is 0 Å². The minimum absolute atomic E-state index is 0.0109. The molecular weight excluding hydrogens is 536 g/mol. The Morgan fingerprint density at radius 1 is 1.12 bits per heavy atom. The minimum Gasteiger partial charge on any atom is -0.320 e. The van der Waals surface area contributed by atoms with Gasteiger partial charge in [0.05, 0.1) is 0 Å². The monoisotopic (exact) mass is 548 g/mol. The summed E-state index contributed by atoms with van der Waals surface area (Å²) in [5, 5.41) is 0. The fourth-order valence-electron chi connectivity index (χ4n) is 1.96. The number of hydrogen-bond donors (Lipinski definition) is 2. The smallest absolute Gasteiger partial charge is 0.320 e. The molecule has 0 radical (unpaired) electrons. The molecule has 130 valence electrons. The van der Waals surface area contributed by atoms with Gasteiger partial charge in [-0.3, -0.25) is 4.57 Å². The highest BCUT2D eigenvalue weighted by molar-refractivity contribution is 14.1. The second-order valence-corrected chi connectivity index (χ2v) is 9.76. The predicted octanol–water partition coefficient (Wildman–Crippen LogP) is 5.71. The molecule has 9 heteroatoms. The zero-order chi connectivity index (χ0) is 18.0. The third-order valence-electron chi connectivity index (χ3n) is 3.15. The summed E-state index contributed by atoms with van der Waals surface area (Å²) in [5.41, 5.74) is -2.95. The zero-order valence-corrected chi connectivity index (χ0v) is 17.6. The Kier molecular flexibility index (Phi) is 6.89. The van der Waals surface area contributed by atoms with Crippen molar-refractivity contribution in [2.75, 3.05) is 0 Å². The van der Waals surface area contributed by atoms with Crippen molar-refractivity contribution in [2.45, 2.75) is 17.2 Å². The van der Waals surface area contributed by atoms with Crippen molar-refractivity contribution in [3.8, 4) is 0 Å². The van der Waals surface area contributed by atoms with Gasteiger partial charge in [0.2, 0.25) is 0 Å². The van der Waals surface area contributed by atoms with Crippen LogP contribution in [0, 0.1) is 3.57 Å². The van der Waals surface area contributed by atoms with Crippen LogP contribution in [0.15, 0.2) is 46.9 Å². The van der Waals surface area contributed by atoms with Crippen LogP contribution in [0.5, 0.6) is 0 Å². The first-order valence-corrected chi connectivity index (χ1v) is 11.3. The van der Waals surface area contributed by atoms with Crippen molar-refractivity contribution in [3.05, 3.63) is 67.2 Å². The molecule has 2 N–H and O–H groups in total. The second-order valence-electron chi connectivity index (χ2n) is 5.02. The summed E-state index contributed by atoms with van der Waals surface area (Å²) in [4.78, 5) is 17.6. The highest BCUT2D eigenvalue weighted by atomic mass is 127. The number of benzene rings is 2. The molecule has 0 aromatic heterocycles. The van der Waals surface area contributed by atoms with Crippen molar-refractivity contribution in [1.82, 2.24) is 0 Å². The van der Waals surface area contributed by atoms with Gasteiger partial charge < -0.3 is 9.79 Å². The molecule has 2 aromatic carbocycles. The van der Waals surface area contributed by atoms with E-state index in [0.29, 0.717) is 5.75 Å². The van der Waals surface area contributed by atoms with Gasteiger partial charge in [-0.15, -0.1) is 0 Å².